The highest BCUT2D eigenvalue weighted by atomic mass is 28.1. The van der Waals surface area contributed by atoms with Crippen molar-refractivity contribution < 1.29 is 17.9 Å². The summed E-state index contributed by atoms with van der Waals surface area (Å²) >= 11 is 0. The molecule has 1 nitrogen and oxygen atoms in total. The minimum Gasteiger partial charge on any atom is -0.496 e. The van der Waals surface area contributed by atoms with E-state index in [-0.39, 0.29) is 5.75 Å². The van der Waals surface area contributed by atoms with E-state index in [0.717, 1.165) is 6.07 Å². The van der Waals surface area contributed by atoms with E-state index >= 15 is 0 Å². The van der Waals surface area contributed by atoms with Crippen molar-refractivity contribution in [2.75, 3.05) is 7.11 Å². The number of hydrogen-bond acceptors (Lipinski definition) is 1. The number of ether oxygens (including phenoxy) is 1. The Bertz CT molecular complexity index is 309. The van der Waals surface area contributed by atoms with Crippen molar-refractivity contribution in [3.05, 3.63) is 23.8 Å². The van der Waals surface area contributed by atoms with Crippen molar-refractivity contribution in [1.29, 1.82) is 0 Å². The molecule has 69 valence electrons. The minimum atomic E-state index is -4.37. The zero-order valence-corrected chi connectivity index (χ0v) is 7.77. The maximum absolute atomic E-state index is 12.3. The largest absolute Gasteiger partial charge is 0.496 e. The molecule has 0 aliphatic rings. The lowest BCUT2D eigenvalue weighted by Crippen LogP contribution is -2.11. The lowest BCUT2D eigenvalue weighted by molar-refractivity contribution is -0.138. The van der Waals surface area contributed by atoms with Crippen LogP contribution in [0.3, 0.4) is 0 Å². The first-order valence-electron chi connectivity index (χ1n) is 3.42. The summed E-state index contributed by atoms with van der Waals surface area (Å²) in [6.45, 7) is 0. The zero-order chi connectivity index (χ0) is 10.1. The third kappa shape index (κ3) is 2.24. The van der Waals surface area contributed by atoms with Crippen molar-refractivity contribution >= 4 is 15.4 Å². The topological polar surface area (TPSA) is 9.23 Å². The molecule has 0 spiro atoms. The van der Waals surface area contributed by atoms with Gasteiger partial charge in [0.15, 0.2) is 0 Å². The normalized spacial score (nSPS) is 11.5. The average molecular weight is 203 g/mol. The standard InChI is InChI=1S/C8H6F3OSi/c1-12-7-4-5(13)2-3-6(7)8(9,10)11/h2-4H,1H3. The van der Waals surface area contributed by atoms with Crippen LogP contribution in [0.15, 0.2) is 18.2 Å². The lowest BCUT2D eigenvalue weighted by atomic mass is 10.2. The number of halogens is 3. The average Bonchev–Trinajstić information content (AvgIpc) is 2.01. The van der Waals surface area contributed by atoms with Crippen molar-refractivity contribution in [1.82, 2.24) is 0 Å². The molecule has 0 atom stereocenters. The molecular formula is C8H6F3OSi. The van der Waals surface area contributed by atoms with Crippen molar-refractivity contribution in [3.8, 4) is 5.75 Å². The molecule has 0 fully saturated rings. The van der Waals surface area contributed by atoms with Gasteiger partial charge < -0.3 is 4.74 Å². The molecule has 5 heteroatoms. The predicted molar refractivity (Wildman–Crippen MR) is 43.4 cm³/mol. The van der Waals surface area contributed by atoms with Crippen molar-refractivity contribution in [3.63, 3.8) is 0 Å². The fourth-order valence-corrected chi connectivity index (χ4v) is 1.14. The molecule has 1 rings (SSSR count). The third-order valence-electron chi connectivity index (χ3n) is 1.51. The molecule has 1 aromatic rings. The Morgan fingerprint density at radius 2 is 1.92 bits per heavy atom. The first kappa shape index (κ1) is 10.1. The Morgan fingerprint density at radius 3 is 2.38 bits per heavy atom. The minimum absolute atomic E-state index is 0.181. The fourth-order valence-electron chi connectivity index (χ4n) is 0.925. The van der Waals surface area contributed by atoms with Crippen LogP contribution in [0.4, 0.5) is 13.2 Å². The monoisotopic (exact) mass is 203 g/mol. The summed E-state index contributed by atoms with van der Waals surface area (Å²) < 4.78 is 41.4. The third-order valence-corrected chi connectivity index (χ3v) is 1.82. The van der Waals surface area contributed by atoms with Crippen LogP contribution in [0.25, 0.3) is 0 Å². The number of hydrogen-bond donors (Lipinski definition) is 0. The summed E-state index contributed by atoms with van der Waals surface area (Å²) in [7, 11) is 4.31. The number of rotatable bonds is 1. The second kappa shape index (κ2) is 3.41. The summed E-state index contributed by atoms with van der Waals surface area (Å²) in [5.41, 5.74) is -0.767. The Balaban J connectivity index is 3.22. The van der Waals surface area contributed by atoms with Gasteiger partial charge in [-0.05, 0) is 12.1 Å². The van der Waals surface area contributed by atoms with E-state index in [0.29, 0.717) is 5.19 Å². The molecule has 0 saturated carbocycles. The van der Waals surface area contributed by atoms with Crippen LogP contribution in [0.1, 0.15) is 5.56 Å². The van der Waals surface area contributed by atoms with Crippen molar-refractivity contribution in [2.45, 2.75) is 6.18 Å². The van der Waals surface area contributed by atoms with Gasteiger partial charge in [0.1, 0.15) is 5.75 Å². The summed E-state index contributed by atoms with van der Waals surface area (Å²) in [5, 5.41) is 0.546. The summed E-state index contributed by atoms with van der Waals surface area (Å²) in [6, 6.07) is 3.57. The highest BCUT2D eigenvalue weighted by molar-refractivity contribution is 6.32. The van der Waals surface area contributed by atoms with Crippen molar-refractivity contribution in [2.24, 2.45) is 0 Å². The molecule has 0 aliphatic heterocycles. The van der Waals surface area contributed by atoms with E-state index in [4.69, 9.17) is 0 Å². The Morgan fingerprint density at radius 1 is 1.31 bits per heavy atom. The lowest BCUT2D eigenvalue weighted by Gasteiger charge is -2.11. The molecule has 0 amide bonds. The van der Waals surface area contributed by atoms with Crippen LogP contribution in [0.2, 0.25) is 0 Å². The molecule has 0 aromatic heterocycles. The Hall–Kier alpha value is -0.973. The molecule has 3 radical (unpaired) electrons. The van der Waals surface area contributed by atoms with E-state index in [1.807, 2.05) is 0 Å². The number of benzene rings is 1. The molecule has 0 saturated heterocycles. The smallest absolute Gasteiger partial charge is 0.419 e. The van der Waals surface area contributed by atoms with Crippen LogP contribution < -0.4 is 9.92 Å². The van der Waals surface area contributed by atoms with Gasteiger partial charge in [-0.1, -0.05) is 11.3 Å². The first-order chi connectivity index (χ1) is 5.95. The van der Waals surface area contributed by atoms with E-state index in [9.17, 15) is 13.2 Å². The summed E-state index contributed by atoms with van der Waals surface area (Å²) in [6.07, 6.45) is -4.37. The van der Waals surface area contributed by atoms with Gasteiger partial charge in [0.05, 0.1) is 22.9 Å². The van der Waals surface area contributed by atoms with Gasteiger partial charge in [-0.25, -0.2) is 0 Å². The van der Waals surface area contributed by atoms with Crippen LogP contribution in [-0.4, -0.2) is 17.4 Å². The van der Waals surface area contributed by atoms with Gasteiger partial charge in [0, 0.05) is 0 Å². The second-order valence-corrected chi connectivity index (χ2v) is 2.99. The van der Waals surface area contributed by atoms with E-state index in [2.05, 4.69) is 15.0 Å². The maximum Gasteiger partial charge on any atom is 0.419 e. The molecule has 0 bridgehead atoms. The number of alkyl halides is 3. The molecule has 0 unspecified atom stereocenters. The number of methoxy groups -OCH3 is 1. The van der Waals surface area contributed by atoms with Crippen LogP contribution in [0.5, 0.6) is 5.75 Å². The maximum atomic E-state index is 12.3. The highest BCUT2D eigenvalue weighted by Crippen LogP contribution is 2.35. The fraction of sp³-hybridized carbons (Fsp3) is 0.250. The Kier molecular flexibility index (Phi) is 2.65. The van der Waals surface area contributed by atoms with E-state index in [1.165, 1.54) is 19.2 Å². The van der Waals surface area contributed by atoms with Gasteiger partial charge in [-0.3, -0.25) is 0 Å². The van der Waals surface area contributed by atoms with Crippen LogP contribution in [0, 0.1) is 0 Å². The Labute approximate surface area is 76.9 Å². The summed E-state index contributed by atoms with van der Waals surface area (Å²) in [4.78, 5) is 0. The van der Waals surface area contributed by atoms with E-state index in [1.54, 1.807) is 0 Å². The van der Waals surface area contributed by atoms with Gasteiger partial charge in [-0.2, -0.15) is 13.2 Å². The molecular weight excluding hydrogens is 197 g/mol. The molecule has 0 N–H and O–H groups in total. The molecule has 1 aromatic carbocycles. The SMILES string of the molecule is COc1cc([Si])ccc1C(F)(F)F. The van der Waals surface area contributed by atoms with Gasteiger partial charge in [0.25, 0.3) is 0 Å². The molecule has 0 heterocycles. The van der Waals surface area contributed by atoms with Crippen LogP contribution >= 0.6 is 0 Å². The molecule has 13 heavy (non-hydrogen) atoms. The van der Waals surface area contributed by atoms with Gasteiger partial charge in [0.2, 0.25) is 0 Å². The van der Waals surface area contributed by atoms with Crippen LogP contribution in [-0.2, 0) is 6.18 Å². The zero-order valence-electron chi connectivity index (χ0n) is 6.77. The first-order valence-corrected chi connectivity index (χ1v) is 3.92. The predicted octanol–water partition coefficient (Wildman–Crippen LogP) is 1.51. The van der Waals surface area contributed by atoms with Gasteiger partial charge in [-0.15, -0.1) is 0 Å². The van der Waals surface area contributed by atoms with E-state index < -0.39 is 11.7 Å². The molecule has 0 aliphatic carbocycles. The summed E-state index contributed by atoms with van der Waals surface area (Å²) in [5.74, 6) is -0.181. The van der Waals surface area contributed by atoms with Gasteiger partial charge >= 0.3 is 6.18 Å². The quantitative estimate of drug-likeness (QED) is 0.629. The second-order valence-electron chi connectivity index (χ2n) is 2.41. The highest BCUT2D eigenvalue weighted by Gasteiger charge is 2.33.